The maximum atomic E-state index is 12.5. The molecule has 0 unspecified atom stereocenters. The lowest BCUT2D eigenvalue weighted by Gasteiger charge is -2.16. The Kier molecular flexibility index (Phi) is 5.83. The minimum absolute atomic E-state index is 0.237. The number of alkyl halides is 3. The van der Waals surface area contributed by atoms with Crippen molar-refractivity contribution < 1.29 is 27.5 Å². The molecule has 1 aromatic heterocycles. The van der Waals surface area contributed by atoms with Crippen LogP contribution in [0.25, 0.3) is 10.9 Å². The van der Waals surface area contributed by atoms with Crippen molar-refractivity contribution in [3.05, 3.63) is 58.7 Å². The smallest absolute Gasteiger partial charge is 0.406 e. The number of hydrogen-bond donors (Lipinski definition) is 2. The lowest BCUT2D eigenvalue weighted by molar-refractivity contribution is -0.274. The van der Waals surface area contributed by atoms with E-state index in [1.54, 1.807) is 6.07 Å². The molecule has 29 heavy (non-hydrogen) atoms. The molecule has 1 heterocycles. The molecule has 2 aromatic carbocycles. The normalized spacial score (nSPS) is 11.3. The molecule has 0 spiro atoms. The van der Waals surface area contributed by atoms with Crippen molar-refractivity contribution in [2.75, 3.05) is 18.9 Å². The summed E-state index contributed by atoms with van der Waals surface area (Å²) in [4.78, 5) is 28.9. The van der Waals surface area contributed by atoms with Crippen LogP contribution in [-0.2, 0) is 4.79 Å². The summed E-state index contributed by atoms with van der Waals surface area (Å²) < 4.78 is 41.1. The first-order valence-electron chi connectivity index (χ1n) is 8.30. The third kappa shape index (κ3) is 5.50. The Balaban J connectivity index is 1.60. The second-order valence-electron chi connectivity index (χ2n) is 6.20. The maximum Gasteiger partial charge on any atom is 0.573 e. The molecular weight excluding hydrogens is 455 g/mol. The van der Waals surface area contributed by atoms with Crippen molar-refractivity contribution in [1.82, 2.24) is 9.88 Å². The van der Waals surface area contributed by atoms with Crippen LogP contribution in [-0.4, -0.2) is 41.7 Å². The van der Waals surface area contributed by atoms with Crippen molar-refractivity contribution in [3.8, 4) is 5.75 Å². The Morgan fingerprint density at radius 1 is 1.14 bits per heavy atom. The molecule has 0 aliphatic rings. The van der Waals surface area contributed by atoms with E-state index < -0.39 is 18.0 Å². The number of hydrogen-bond acceptors (Lipinski definition) is 3. The summed E-state index contributed by atoms with van der Waals surface area (Å²) in [7, 11) is 1.48. The fourth-order valence-electron chi connectivity index (χ4n) is 2.65. The minimum Gasteiger partial charge on any atom is -0.406 e. The van der Waals surface area contributed by atoms with Crippen LogP contribution in [0.1, 0.15) is 10.5 Å². The van der Waals surface area contributed by atoms with Crippen LogP contribution >= 0.6 is 15.9 Å². The van der Waals surface area contributed by atoms with E-state index in [1.807, 2.05) is 18.2 Å². The number of fused-ring (bicyclic) bond motifs is 1. The van der Waals surface area contributed by atoms with Gasteiger partial charge in [0.05, 0.1) is 6.54 Å². The van der Waals surface area contributed by atoms with Crippen LogP contribution < -0.4 is 10.1 Å². The van der Waals surface area contributed by atoms with Crippen LogP contribution in [0.2, 0.25) is 0 Å². The largest absolute Gasteiger partial charge is 0.573 e. The van der Waals surface area contributed by atoms with Gasteiger partial charge in [0, 0.05) is 28.1 Å². The van der Waals surface area contributed by atoms with Gasteiger partial charge >= 0.3 is 6.36 Å². The highest BCUT2D eigenvalue weighted by Gasteiger charge is 2.31. The molecule has 3 aromatic rings. The minimum atomic E-state index is -4.79. The van der Waals surface area contributed by atoms with Crippen molar-refractivity contribution in [3.63, 3.8) is 0 Å². The highest BCUT2D eigenvalue weighted by atomic mass is 79.9. The number of benzene rings is 2. The van der Waals surface area contributed by atoms with E-state index in [-0.39, 0.29) is 18.1 Å². The average Bonchev–Trinajstić information content (AvgIpc) is 3.04. The molecule has 0 aliphatic carbocycles. The number of likely N-dealkylation sites (N-methyl/N-ethyl adjacent to an activating group) is 1. The lowest BCUT2D eigenvalue weighted by atomic mass is 10.2. The summed E-state index contributed by atoms with van der Waals surface area (Å²) in [5.41, 5.74) is 1.40. The first-order chi connectivity index (χ1) is 13.6. The molecule has 2 amide bonds. The van der Waals surface area contributed by atoms with Gasteiger partial charge in [-0.1, -0.05) is 15.9 Å². The summed E-state index contributed by atoms with van der Waals surface area (Å²) >= 11 is 3.36. The molecule has 0 aliphatic heterocycles. The molecule has 10 heteroatoms. The van der Waals surface area contributed by atoms with Gasteiger partial charge in [-0.25, -0.2) is 0 Å². The fourth-order valence-corrected chi connectivity index (χ4v) is 3.03. The highest BCUT2D eigenvalue weighted by Crippen LogP contribution is 2.24. The molecule has 0 atom stereocenters. The molecular formula is C19H15BrF3N3O3. The van der Waals surface area contributed by atoms with Crippen molar-refractivity contribution in [2.45, 2.75) is 6.36 Å². The quantitative estimate of drug-likeness (QED) is 0.575. The number of aromatic amines is 1. The van der Waals surface area contributed by atoms with E-state index in [4.69, 9.17) is 0 Å². The van der Waals surface area contributed by atoms with Crippen molar-refractivity contribution >= 4 is 44.3 Å². The summed E-state index contributed by atoms with van der Waals surface area (Å²) in [6.07, 6.45) is -4.79. The number of aromatic nitrogens is 1. The Morgan fingerprint density at radius 3 is 2.48 bits per heavy atom. The summed E-state index contributed by atoms with van der Waals surface area (Å²) in [6.45, 7) is -0.237. The average molecular weight is 470 g/mol. The number of carbonyl (C=O) groups excluding carboxylic acids is 2. The van der Waals surface area contributed by atoms with Gasteiger partial charge in [-0.05, 0) is 48.5 Å². The van der Waals surface area contributed by atoms with Crippen LogP contribution in [0.15, 0.2) is 53.0 Å². The molecule has 0 fully saturated rings. The Hall–Kier alpha value is -3.01. The summed E-state index contributed by atoms with van der Waals surface area (Å²) in [6, 6.07) is 11.9. The van der Waals surface area contributed by atoms with Gasteiger partial charge in [0.2, 0.25) is 5.91 Å². The van der Waals surface area contributed by atoms with E-state index in [2.05, 4.69) is 31.0 Å². The Bertz CT molecular complexity index is 1050. The monoisotopic (exact) mass is 469 g/mol. The van der Waals surface area contributed by atoms with Crippen LogP contribution in [0, 0.1) is 0 Å². The van der Waals surface area contributed by atoms with Gasteiger partial charge < -0.3 is 19.9 Å². The maximum absolute atomic E-state index is 12.5. The first kappa shape index (κ1) is 20.7. The summed E-state index contributed by atoms with van der Waals surface area (Å²) in [5, 5.41) is 3.37. The van der Waals surface area contributed by atoms with E-state index in [1.165, 1.54) is 24.1 Å². The molecule has 0 bridgehead atoms. The zero-order valence-corrected chi connectivity index (χ0v) is 16.6. The predicted molar refractivity (Wildman–Crippen MR) is 105 cm³/mol. The third-order valence-electron chi connectivity index (χ3n) is 3.91. The summed E-state index contributed by atoms with van der Waals surface area (Å²) in [5.74, 6) is -1.26. The number of amides is 2. The van der Waals surface area contributed by atoms with E-state index in [0.717, 1.165) is 27.5 Å². The van der Waals surface area contributed by atoms with Crippen molar-refractivity contribution in [1.29, 1.82) is 0 Å². The zero-order valence-electron chi connectivity index (χ0n) is 15.0. The Labute approximate surface area is 171 Å². The Morgan fingerprint density at radius 2 is 1.83 bits per heavy atom. The number of H-pyrrole nitrogens is 1. The van der Waals surface area contributed by atoms with E-state index in [9.17, 15) is 22.8 Å². The topological polar surface area (TPSA) is 74.4 Å². The second kappa shape index (κ2) is 8.16. The molecule has 2 N–H and O–H groups in total. The van der Waals surface area contributed by atoms with Gasteiger partial charge in [-0.15, -0.1) is 13.2 Å². The van der Waals surface area contributed by atoms with E-state index >= 15 is 0 Å². The SMILES string of the molecule is CN(CC(=O)Nc1ccc(OC(F)(F)F)cc1)C(=O)c1cc2cc(Br)ccc2[nH]1. The van der Waals surface area contributed by atoms with Gasteiger partial charge in [-0.3, -0.25) is 9.59 Å². The number of rotatable bonds is 5. The van der Waals surface area contributed by atoms with Gasteiger partial charge in [0.25, 0.3) is 5.91 Å². The molecule has 0 radical (unpaired) electrons. The zero-order chi connectivity index (χ0) is 21.2. The van der Waals surface area contributed by atoms with Crippen molar-refractivity contribution in [2.24, 2.45) is 0 Å². The molecule has 6 nitrogen and oxygen atoms in total. The van der Waals surface area contributed by atoms with Crippen LogP contribution in [0.3, 0.4) is 0 Å². The van der Waals surface area contributed by atoms with E-state index in [0.29, 0.717) is 5.69 Å². The fraction of sp³-hybridized carbons (Fsp3) is 0.158. The number of carbonyl (C=O) groups is 2. The van der Waals surface area contributed by atoms with Gasteiger partial charge in [0.1, 0.15) is 11.4 Å². The van der Waals surface area contributed by atoms with Gasteiger partial charge in [-0.2, -0.15) is 0 Å². The number of nitrogens with one attached hydrogen (secondary N) is 2. The lowest BCUT2D eigenvalue weighted by Crippen LogP contribution is -2.35. The standard InChI is InChI=1S/C19H15BrF3N3O3/c1-26(18(28)16-9-11-8-12(20)2-7-15(11)25-16)10-17(27)24-13-3-5-14(6-4-13)29-19(21,22)23/h2-9,25H,10H2,1H3,(H,24,27). The number of anilines is 1. The second-order valence-corrected chi connectivity index (χ2v) is 7.11. The van der Waals surface area contributed by atoms with Crippen LogP contribution in [0.4, 0.5) is 18.9 Å². The molecule has 152 valence electrons. The number of nitrogens with zero attached hydrogens (tertiary/aromatic N) is 1. The first-order valence-corrected chi connectivity index (χ1v) is 9.09. The molecule has 3 rings (SSSR count). The van der Waals surface area contributed by atoms with Crippen LogP contribution in [0.5, 0.6) is 5.75 Å². The van der Waals surface area contributed by atoms with Gasteiger partial charge in [0.15, 0.2) is 0 Å². The molecule has 0 saturated carbocycles. The third-order valence-corrected chi connectivity index (χ3v) is 4.41. The number of halogens is 4. The number of ether oxygens (including phenoxy) is 1. The molecule has 0 saturated heterocycles. The highest BCUT2D eigenvalue weighted by molar-refractivity contribution is 9.10. The predicted octanol–water partition coefficient (Wildman–Crippen LogP) is 4.54.